The minimum atomic E-state index is -1.95. The fourth-order valence-electron chi connectivity index (χ4n) is 7.22. The number of nitrogens with one attached hydrogen (secondary N) is 1. The van der Waals surface area contributed by atoms with Crippen molar-refractivity contribution in [3.05, 3.63) is 114 Å². The molecule has 51 heavy (non-hydrogen) atoms. The van der Waals surface area contributed by atoms with E-state index in [9.17, 15) is 14.9 Å². The van der Waals surface area contributed by atoms with E-state index in [1.165, 1.54) is 6.20 Å². The summed E-state index contributed by atoms with van der Waals surface area (Å²) in [6, 6.07) is 26.8. The van der Waals surface area contributed by atoms with Gasteiger partial charge in [0.05, 0.1) is 32.3 Å². The number of alkyl halides is 1. The third-order valence-electron chi connectivity index (χ3n) is 9.29. The first kappa shape index (κ1) is 38.0. The molecule has 0 aliphatic carbocycles. The number of nitrogens with two attached hydrogens (primary N) is 1. The van der Waals surface area contributed by atoms with Crippen LogP contribution in [0.5, 0.6) is 5.75 Å². The van der Waals surface area contributed by atoms with Gasteiger partial charge in [-0.25, -0.2) is 19.2 Å². The van der Waals surface area contributed by atoms with Crippen LogP contribution in [0.3, 0.4) is 0 Å². The molecule has 0 radical (unpaired) electrons. The van der Waals surface area contributed by atoms with E-state index >= 15 is 4.39 Å². The van der Waals surface area contributed by atoms with E-state index in [0.29, 0.717) is 22.4 Å². The predicted molar refractivity (Wildman–Crippen MR) is 191 cm³/mol. The van der Waals surface area contributed by atoms with Gasteiger partial charge in [-0.05, 0) is 58.9 Å². The number of quaternary nitrogens is 1. The standard InChI is InChI=1S/C38H45FN5O6P/c1-25(2)43(26(3)4)51(48-23-13-22-40)50-34-27(5)49-36(33(34)39)44(24-32(41)35(45)42-37(44)46)38(28-14-9-7-10-15-28,29-16-11-8-12-17-29)30-18-20-31(47-6)21-19-30/h7-12,14-21,24-27,33-34,36H,13,23,41H2,1-6H3/p+1/t27-,33-,34-,36-,44?,51?/m1/s1. The summed E-state index contributed by atoms with van der Waals surface area (Å²) in [5.74, 6) is -0.229. The van der Waals surface area contributed by atoms with Crippen LogP contribution in [0.2, 0.25) is 0 Å². The van der Waals surface area contributed by atoms with Crippen LogP contribution in [0.1, 0.15) is 57.7 Å². The number of nitrogens with zero attached hydrogens (tertiary/aromatic N) is 3. The molecule has 0 aromatic heterocycles. The second kappa shape index (κ2) is 16.0. The maximum Gasteiger partial charge on any atom is 0.431 e. The number of ether oxygens (including phenoxy) is 2. The highest BCUT2D eigenvalue weighted by molar-refractivity contribution is 7.44. The van der Waals surface area contributed by atoms with Crippen LogP contribution in [-0.2, 0) is 24.1 Å². The van der Waals surface area contributed by atoms with Crippen LogP contribution in [0.4, 0.5) is 9.18 Å². The third kappa shape index (κ3) is 6.90. The lowest BCUT2D eigenvalue weighted by molar-refractivity contribution is -0.900. The van der Waals surface area contributed by atoms with E-state index < -0.39 is 55.1 Å². The smallest absolute Gasteiger partial charge is 0.431 e. The van der Waals surface area contributed by atoms with Gasteiger partial charge in [-0.3, -0.25) is 4.79 Å². The first-order valence-electron chi connectivity index (χ1n) is 17.0. The molecule has 3 aromatic carbocycles. The van der Waals surface area contributed by atoms with Crippen molar-refractivity contribution in [1.29, 1.82) is 5.26 Å². The molecule has 3 N–H and O–H groups in total. The van der Waals surface area contributed by atoms with Crippen molar-refractivity contribution in [3.63, 3.8) is 0 Å². The summed E-state index contributed by atoms with van der Waals surface area (Å²) in [4.78, 5) is 28.0. The lowest BCUT2D eigenvalue weighted by Gasteiger charge is -2.52. The van der Waals surface area contributed by atoms with E-state index in [-0.39, 0.29) is 30.8 Å². The van der Waals surface area contributed by atoms with E-state index in [1.54, 1.807) is 26.2 Å². The van der Waals surface area contributed by atoms with Gasteiger partial charge >= 0.3 is 6.03 Å². The van der Waals surface area contributed by atoms with Crippen molar-refractivity contribution in [2.45, 2.75) is 83.3 Å². The van der Waals surface area contributed by atoms with Gasteiger partial charge in [0.25, 0.3) is 14.4 Å². The Kier molecular flexibility index (Phi) is 11.9. The molecule has 2 aliphatic rings. The Hall–Kier alpha value is -4.21. The molecule has 1 fully saturated rings. The summed E-state index contributed by atoms with van der Waals surface area (Å²) in [7, 11) is -0.324. The summed E-state index contributed by atoms with van der Waals surface area (Å²) < 4.78 is 43.6. The molecule has 270 valence electrons. The zero-order chi connectivity index (χ0) is 36.9. The molecule has 3 aromatic rings. The summed E-state index contributed by atoms with van der Waals surface area (Å²) in [5, 5.41) is 11.7. The van der Waals surface area contributed by atoms with Gasteiger partial charge in [0, 0.05) is 28.8 Å². The molecule has 2 heterocycles. The number of carbonyl (C=O) groups is 2. The van der Waals surface area contributed by atoms with Crippen molar-refractivity contribution in [3.8, 4) is 11.8 Å². The molecule has 2 unspecified atom stereocenters. The zero-order valence-electron chi connectivity index (χ0n) is 29.7. The maximum absolute atomic E-state index is 17.8. The molecule has 6 atom stereocenters. The molecule has 2 aliphatic heterocycles. The number of carbonyl (C=O) groups excluding carboxylic acids is 2. The Balaban J connectivity index is 1.79. The molecule has 11 nitrogen and oxygen atoms in total. The highest BCUT2D eigenvalue weighted by Gasteiger charge is 2.70. The molecular weight excluding hydrogens is 672 g/mol. The summed E-state index contributed by atoms with van der Waals surface area (Å²) in [6.45, 7) is 9.73. The predicted octanol–water partition coefficient (Wildman–Crippen LogP) is 6.60. The van der Waals surface area contributed by atoms with Crippen LogP contribution in [0.15, 0.2) is 96.8 Å². The normalized spacial score (nSPS) is 24.4. The van der Waals surface area contributed by atoms with Gasteiger partial charge in [0.15, 0.2) is 11.2 Å². The van der Waals surface area contributed by atoms with Crippen LogP contribution < -0.4 is 15.8 Å². The maximum atomic E-state index is 17.8. The molecule has 0 saturated carbocycles. The lowest BCUT2D eigenvalue weighted by Crippen LogP contribution is -2.74. The zero-order valence-corrected chi connectivity index (χ0v) is 30.6. The number of urea groups is 1. The molecule has 0 spiro atoms. The molecule has 1 saturated heterocycles. The van der Waals surface area contributed by atoms with Crippen LogP contribution in [-0.4, -0.2) is 71.5 Å². The molecule has 13 heteroatoms. The van der Waals surface area contributed by atoms with Crippen molar-refractivity contribution >= 4 is 20.5 Å². The molecular formula is C38H46FN5O6P+. The minimum Gasteiger partial charge on any atom is -0.497 e. The summed E-state index contributed by atoms with van der Waals surface area (Å²) >= 11 is 0. The first-order chi connectivity index (χ1) is 24.4. The number of imide groups is 1. The summed E-state index contributed by atoms with van der Waals surface area (Å²) in [6.07, 6.45) is -4.18. The second-order valence-corrected chi connectivity index (χ2v) is 14.5. The Morgan fingerprint density at radius 3 is 2.04 bits per heavy atom. The quantitative estimate of drug-likeness (QED) is 0.0818. The molecule has 5 rings (SSSR count). The second-order valence-electron chi connectivity index (χ2n) is 13.1. The topological polar surface area (TPSA) is 136 Å². The van der Waals surface area contributed by atoms with Crippen LogP contribution in [0.25, 0.3) is 0 Å². The van der Waals surface area contributed by atoms with Gasteiger partial charge in [0.1, 0.15) is 18.1 Å². The SMILES string of the molecule is COc1ccc(C(c2ccccc2)(c2ccccc2)[N+]2([C@@H]3O[C@H](C)[C@@H](OP(OCCC#N)N(C(C)C)C(C)C)[C@H]3F)C=C(N)C(=O)NC2=O)cc1. The molecule has 3 amide bonds. The number of nitriles is 1. The highest BCUT2D eigenvalue weighted by atomic mass is 31.2. The highest BCUT2D eigenvalue weighted by Crippen LogP contribution is 2.55. The number of amides is 3. The van der Waals surface area contributed by atoms with E-state index in [0.717, 1.165) is 0 Å². The largest absolute Gasteiger partial charge is 0.497 e. The van der Waals surface area contributed by atoms with Crippen molar-refractivity contribution < 1.29 is 37.0 Å². The average molecular weight is 719 g/mol. The monoisotopic (exact) mass is 718 g/mol. The number of hydrogen-bond acceptors (Lipinski definition) is 9. The van der Waals surface area contributed by atoms with Crippen molar-refractivity contribution in [1.82, 2.24) is 9.99 Å². The van der Waals surface area contributed by atoms with Crippen molar-refractivity contribution in [2.75, 3.05) is 13.7 Å². The summed E-state index contributed by atoms with van der Waals surface area (Å²) in [5.41, 5.74) is 6.37. The Bertz CT molecular complexity index is 1690. The minimum absolute atomic E-state index is 0.0384. The number of benzene rings is 3. The first-order valence-corrected chi connectivity index (χ1v) is 18.1. The lowest BCUT2D eigenvalue weighted by atomic mass is 9.73. The van der Waals surface area contributed by atoms with Gasteiger partial charge < -0.3 is 24.3 Å². The fraction of sp³-hybridized carbons (Fsp3) is 0.395. The van der Waals surface area contributed by atoms with Gasteiger partial charge in [0.2, 0.25) is 12.4 Å². The molecule has 0 bridgehead atoms. The third-order valence-corrected chi connectivity index (χ3v) is 11.4. The number of rotatable bonds is 14. The van der Waals surface area contributed by atoms with Crippen LogP contribution >= 0.6 is 8.53 Å². The van der Waals surface area contributed by atoms with Gasteiger partial charge in [-0.1, -0.05) is 60.7 Å². The van der Waals surface area contributed by atoms with Gasteiger partial charge in [-0.2, -0.15) is 9.74 Å². The van der Waals surface area contributed by atoms with Crippen molar-refractivity contribution in [2.24, 2.45) is 5.73 Å². The fourth-order valence-corrected chi connectivity index (χ4v) is 9.02. The number of methoxy groups -OCH3 is 1. The van der Waals surface area contributed by atoms with E-state index in [4.69, 9.17) is 24.3 Å². The Morgan fingerprint density at radius 1 is 0.980 bits per heavy atom. The average Bonchev–Trinajstić information content (AvgIpc) is 3.40. The number of hydrogen-bond donors (Lipinski definition) is 2. The van der Waals surface area contributed by atoms with Gasteiger partial charge in [-0.15, -0.1) is 0 Å². The Morgan fingerprint density at radius 2 is 1.53 bits per heavy atom. The Labute approximate surface area is 300 Å². The number of halogens is 1. The van der Waals surface area contributed by atoms with Crippen LogP contribution in [0, 0.1) is 11.3 Å². The van der Waals surface area contributed by atoms with E-state index in [1.807, 2.05) is 105 Å². The van der Waals surface area contributed by atoms with E-state index in [2.05, 4.69) is 11.4 Å².